The van der Waals surface area contributed by atoms with E-state index in [0.29, 0.717) is 34.3 Å². The first-order chi connectivity index (χ1) is 17.4. The molecule has 0 bridgehead atoms. The third-order valence-corrected chi connectivity index (χ3v) is 6.88. The lowest BCUT2D eigenvalue weighted by Crippen LogP contribution is -2.31. The van der Waals surface area contributed by atoms with E-state index in [1.54, 1.807) is 35.0 Å². The minimum absolute atomic E-state index is 0.0422. The van der Waals surface area contributed by atoms with Gasteiger partial charge in [-0.25, -0.2) is 9.37 Å². The zero-order valence-electron chi connectivity index (χ0n) is 19.1. The summed E-state index contributed by atoms with van der Waals surface area (Å²) in [4.78, 5) is 41.4. The molecule has 2 aliphatic rings. The third kappa shape index (κ3) is 3.94. The summed E-state index contributed by atoms with van der Waals surface area (Å²) < 4.78 is 16.6. The minimum Gasteiger partial charge on any atom is -0.481 e. The summed E-state index contributed by atoms with van der Waals surface area (Å²) in [6.07, 6.45) is 5.36. The van der Waals surface area contributed by atoms with Crippen molar-refractivity contribution in [3.8, 4) is 16.8 Å². The largest absolute Gasteiger partial charge is 0.481 e. The number of hydrogen-bond acceptors (Lipinski definition) is 4. The molecule has 0 spiro atoms. The summed E-state index contributed by atoms with van der Waals surface area (Å²) >= 11 is 0. The predicted molar refractivity (Wildman–Crippen MR) is 132 cm³/mol. The van der Waals surface area contributed by atoms with Crippen LogP contribution in [0.15, 0.2) is 71.8 Å². The number of aromatic nitrogens is 2. The number of carbonyl (C=O) groups excluding carboxylic acids is 1. The van der Waals surface area contributed by atoms with Crippen molar-refractivity contribution in [2.24, 2.45) is 5.92 Å². The van der Waals surface area contributed by atoms with E-state index in [1.165, 1.54) is 12.3 Å². The standard InChI is InChI=1S/C28H22FN3O4/c29-24-12-16(6-9-19(24)21-13-22(21)28(35)36)15-3-1-4-18(11-15)32-14-23(27(34)31-17-7-8-17)25(33)20-5-2-10-30-26(20)32/h1-6,9-12,14,17,21-22H,7-8,13H2,(H,31,34)(H,35,36)/t21?,22-/m1/s1. The van der Waals surface area contributed by atoms with E-state index < -0.39 is 23.6 Å². The number of fused-ring (bicyclic) bond motifs is 1. The van der Waals surface area contributed by atoms with Gasteiger partial charge in [0.1, 0.15) is 17.0 Å². The number of carbonyl (C=O) groups is 2. The molecule has 2 aliphatic carbocycles. The highest BCUT2D eigenvalue weighted by molar-refractivity contribution is 5.97. The van der Waals surface area contributed by atoms with Crippen LogP contribution < -0.4 is 10.7 Å². The highest BCUT2D eigenvalue weighted by Crippen LogP contribution is 2.48. The molecule has 8 heteroatoms. The van der Waals surface area contributed by atoms with Crippen LogP contribution >= 0.6 is 0 Å². The summed E-state index contributed by atoms with van der Waals surface area (Å²) in [5, 5.41) is 12.4. The van der Waals surface area contributed by atoms with Gasteiger partial charge in [0.05, 0.1) is 11.3 Å². The number of benzene rings is 2. The van der Waals surface area contributed by atoms with Gasteiger partial charge in [0.2, 0.25) is 5.43 Å². The Hall–Kier alpha value is -4.33. The van der Waals surface area contributed by atoms with E-state index in [4.69, 9.17) is 5.11 Å². The first-order valence-electron chi connectivity index (χ1n) is 11.8. The lowest BCUT2D eigenvalue weighted by molar-refractivity contribution is -0.138. The van der Waals surface area contributed by atoms with Crippen LogP contribution in [0.25, 0.3) is 27.8 Å². The van der Waals surface area contributed by atoms with Crippen LogP contribution in [0.3, 0.4) is 0 Å². The molecule has 2 N–H and O–H groups in total. The lowest BCUT2D eigenvalue weighted by atomic mass is 10.0. The summed E-state index contributed by atoms with van der Waals surface area (Å²) in [7, 11) is 0. The normalized spacial score (nSPS) is 18.7. The van der Waals surface area contributed by atoms with Crippen molar-refractivity contribution in [3.63, 3.8) is 0 Å². The molecule has 0 saturated heterocycles. The Labute approximate surface area is 205 Å². The van der Waals surface area contributed by atoms with Gasteiger partial charge in [-0.05, 0) is 66.3 Å². The maximum atomic E-state index is 14.9. The Bertz CT molecular complexity index is 1610. The molecule has 4 aromatic rings. The highest BCUT2D eigenvalue weighted by Gasteiger charge is 2.45. The molecule has 2 atom stereocenters. The second kappa shape index (κ2) is 8.41. The Kier molecular flexibility index (Phi) is 5.17. The van der Waals surface area contributed by atoms with Gasteiger partial charge in [-0.3, -0.25) is 14.4 Å². The maximum absolute atomic E-state index is 14.9. The second-order valence-electron chi connectivity index (χ2n) is 9.44. The fraction of sp³-hybridized carbons (Fsp3) is 0.214. The first kappa shape index (κ1) is 22.2. The van der Waals surface area contributed by atoms with E-state index in [1.807, 2.05) is 24.3 Å². The van der Waals surface area contributed by atoms with Crippen LogP contribution in [0, 0.1) is 11.7 Å². The summed E-state index contributed by atoms with van der Waals surface area (Å²) in [5.41, 5.74) is 2.53. The highest BCUT2D eigenvalue weighted by atomic mass is 19.1. The Balaban J connectivity index is 1.41. The fourth-order valence-corrected chi connectivity index (χ4v) is 4.66. The van der Waals surface area contributed by atoms with Gasteiger partial charge >= 0.3 is 5.97 Å². The zero-order chi connectivity index (χ0) is 25.0. The van der Waals surface area contributed by atoms with Gasteiger partial charge in [0.15, 0.2) is 0 Å². The molecule has 1 unspecified atom stereocenters. The van der Waals surface area contributed by atoms with E-state index in [2.05, 4.69) is 10.3 Å². The summed E-state index contributed by atoms with van der Waals surface area (Å²) in [6, 6.07) is 15.6. The zero-order valence-corrected chi connectivity index (χ0v) is 19.1. The van der Waals surface area contributed by atoms with Crippen molar-refractivity contribution < 1.29 is 19.1 Å². The van der Waals surface area contributed by atoms with Crippen LogP contribution in [0.2, 0.25) is 0 Å². The number of hydrogen-bond donors (Lipinski definition) is 2. The molecule has 6 rings (SSSR count). The number of nitrogens with one attached hydrogen (secondary N) is 1. The number of amides is 1. The average molecular weight is 483 g/mol. The fourth-order valence-electron chi connectivity index (χ4n) is 4.66. The van der Waals surface area contributed by atoms with E-state index in [0.717, 1.165) is 18.4 Å². The molecule has 0 aliphatic heterocycles. The van der Waals surface area contributed by atoms with Crippen molar-refractivity contribution in [3.05, 3.63) is 94.2 Å². The minimum atomic E-state index is -0.900. The number of pyridine rings is 2. The number of nitrogens with zero attached hydrogens (tertiary/aromatic N) is 2. The quantitative estimate of drug-likeness (QED) is 0.427. The molecule has 36 heavy (non-hydrogen) atoms. The van der Waals surface area contributed by atoms with E-state index in [-0.39, 0.29) is 23.0 Å². The predicted octanol–water partition coefficient (Wildman–Crippen LogP) is 4.27. The van der Waals surface area contributed by atoms with Gasteiger partial charge in [0.25, 0.3) is 5.91 Å². The Morgan fingerprint density at radius 2 is 1.86 bits per heavy atom. The van der Waals surface area contributed by atoms with Gasteiger partial charge in [-0.15, -0.1) is 0 Å². The molecule has 1 amide bonds. The van der Waals surface area contributed by atoms with Crippen molar-refractivity contribution in [2.75, 3.05) is 0 Å². The number of halogens is 1. The lowest BCUT2D eigenvalue weighted by Gasteiger charge is -2.14. The van der Waals surface area contributed by atoms with Gasteiger partial charge in [0, 0.05) is 30.0 Å². The molecule has 2 aromatic carbocycles. The van der Waals surface area contributed by atoms with Crippen LogP contribution in [0.1, 0.15) is 41.1 Å². The third-order valence-electron chi connectivity index (χ3n) is 6.88. The van der Waals surface area contributed by atoms with Crippen LogP contribution in [0.5, 0.6) is 0 Å². The van der Waals surface area contributed by atoms with Crippen molar-refractivity contribution in [2.45, 2.75) is 31.2 Å². The van der Waals surface area contributed by atoms with Crippen LogP contribution in [0.4, 0.5) is 4.39 Å². The average Bonchev–Trinajstić information content (AvgIpc) is 3.80. The number of carboxylic acids is 1. The molecule has 0 radical (unpaired) electrons. The summed E-state index contributed by atoms with van der Waals surface area (Å²) in [6.45, 7) is 0. The maximum Gasteiger partial charge on any atom is 0.307 e. The molecular weight excluding hydrogens is 461 g/mol. The monoisotopic (exact) mass is 483 g/mol. The van der Waals surface area contributed by atoms with Crippen molar-refractivity contribution in [1.29, 1.82) is 0 Å². The molecule has 2 heterocycles. The number of aliphatic carboxylic acids is 1. The molecule has 7 nitrogen and oxygen atoms in total. The smallest absolute Gasteiger partial charge is 0.307 e. The molecule has 2 saturated carbocycles. The van der Waals surface area contributed by atoms with Crippen molar-refractivity contribution in [1.82, 2.24) is 14.9 Å². The molecule has 180 valence electrons. The molecule has 2 fully saturated rings. The van der Waals surface area contributed by atoms with Crippen molar-refractivity contribution >= 4 is 22.9 Å². The molecule has 2 aromatic heterocycles. The number of carboxylic acid groups (broad SMARTS) is 1. The Morgan fingerprint density at radius 1 is 1.06 bits per heavy atom. The summed E-state index contributed by atoms with van der Waals surface area (Å²) in [5.74, 6) is -2.55. The van der Waals surface area contributed by atoms with E-state index in [9.17, 15) is 18.8 Å². The molecular formula is C28H22FN3O4. The van der Waals surface area contributed by atoms with Gasteiger partial charge in [-0.1, -0.05) is 24.3 Å². The second-order valence-corrected chi connectivity index (χ2v) is 9.44. The van der Waals surface area contributed by atoms with E-state index >= 15 is 0 Å². The number of rotatable bonds is 6. The Morgan fingerprint density at radius 3 is 2.58 bits per heavy atom. The SMILES string of the molecule is O=C(NC1CC1)c1cn(-c2cccc(-c3ccc(C4C[C@H]4C(=O)O)c(F)c3)c2)c2ncccc2c1=O. The van der Waals surface area contributed by atoms with Crippen LogP contribution in [-0.2, 0) is 4.79 Å². The van der Waals surface area contributed by atoms with Gasteiger partial charge in [-0.2, -0.15) is 0 Å². The van der Waals surface area contributed by atoms with Crippen LogP contribution in [-0.4, -0.2) is 32.6 Å². The topological polar surface area (TPSA) is 101 Å². The first-order valence-corrected chi connectivity index (χ1v) is 11.8. The van der Waals surface area contributed by atoms with Gasteiger partial charge < -0.3 is 15.0 Å².